The molecule has 110 valence electrons. The Kier molecular flexibility index (Phi) is 3.74. The number of nitrogens with zero attached hydrogens (tertiary/aromatic N) is 3. The molecule has 1 aliphatic rings. The summed E-state index contributed by atoms with van der Waals surface area (Å²) in [6, 6.07) is 3.86. The van der Waals surface area contributed by atoms with E-state index in [0.717, 1.165) is 42.1 Å². The van der Waals surface area contributed by atoms with Crippen LogP contribution in [0.2, 0.25) is 0 Å². The second-order valence-corrected chi connectivity index (χ2v) is 5.90. The Labute approximate surface area is 126 Å². The summed E-state index contributed by atoms with van der Waals surface area (Å²) in [5.41, 5.74) is 13.4. The molecule has 0 radical (unpaired) electrons. The van der Waals surface area contributed by atoms with Crippen molar-refractivity contribution < 1.29 is 4.79 Å². The van der Waals surface area contributed by atoms with Crippen molar-refractivity contribution in [2.75, 3.05) is 23.7 Å². The number of carbonyl (C=O) groups is 1. The number of amides is 1. The molecule has 1 saturated heterocycles. The molecule has 0 unspecified atom stereocenters. The van der Waals surface area contributed by atoms with Crippen molar-refractivity contribution in [2.45, 2.75) is 12.8 Å². The van der Waals surface area contributed by atoms with Crippen LogP contribution in [-0.2, 0) is 4.79 Å². The Hall–Kier alpha value is -2.15. The summed E-state index contributed by atoms with van der Waals surface area (Å²) in [7, 11) is 0. The average molecular weight is 303 g/mol. The normalized spacial score (nSPS) is 16.1. The number of nitrogens with two attached hydrogens (primary N) is 2. The fraction of sp³-hybridized carbons (Fsp3) is 0.357. The average Bonchev–Trinajstić information content (AvgIpc) is 2.90. The molecule has 1 aliphatic heterocycles. The Morgan fingerprint density at radius 3 is 2.57 bits per heavy atom. The summed E-state index contributed by atoms with van der Waals surface area (Å²) in [5.74, 6) is 0.321. The Bertz CT molecular complexity index is 634. The fourth-order valence-corrected chi connectivity index (χ4v) is 3.55. The van der Waals surface area contributed by atoms with Gasteiger partial charge in [0.05, 0.1) is 5.56 Å². The summed E-state index contributed by atoms with van der Waals surface area (Å²) < 4.78 is 4.29. The maximum atomic E-state index is 11.3. The molecule has 0 saturated carbocycles. The Morgan fingerprint density at radius 2 is 1.95 bits per heavy atom. The lowest BCUT2D eigenvalue weighted by Crippen LogP contribution is -2.38. The summed E-state index contributed by atoms with van der Waals surface area (Å²) >= 11 is 1.40. The third-order valence-corrected chi connectivity index (χ3v) is 4.78. The van der Waals surface area contributed by atoms with Gasteiger partial charge in [-0.1, -0.05) is 0 Å². The van der Waals surface area contributed by atoms with E-state index in [2.05, 4.69) is 14.3 Å². The molecule has 1 amide bonds. The molecule has 3 rings (SSSR count). The second kappa shape index (κ2) is 5.69. The van der Waals surface area contributed by atoms with Gasteiger partial charge in [0.25, 0.3) is 0 Å². The zero-order chi connectivity index (χ0) is 14.8. The number of hydrogen-bond acceptors (Lipinski definition) is 6. The first-order valence-corrected chi connectivity index (χ1v) is 7.64. The summed E-state index contributed by atoms with van der Waals surface area (Å²) in [5, 5.41) is 1.06. The lowest BCUT2D eigenvalue weighted by atomic mass is 9.96. The van der Waals surface area contributed by atoms with Gasteiger partial charge in [0.1, 0.15) is 10.8 Å². The van der Waals surface area contributed by atoms with Crippen LogP contribution in [0.5, 0.6) is 0 Å². The Morgan fingerprint density at radius 1 is 1.29 bits per heavy atom. The van der Waals surface area contributed by atoms with Crippen molar-refractivity contribution in [1.29, 1.82) is 0 Å². The predicted octanol–water partition coefficient (Wildman–Crippen LogP) is 1.49. The van der Waals surface area contributed by atoms with Crippen molar-refractivity contribution in [2.24, 2.45) is 11.7 Å². The van der Waals surface area contributed by atoms with Crippen LogP contribution in [0.3, 0.4) is 0 Å². The van der Waals surface area contributed by atoms with E-state index in [9.17, 15) is 4.79 Å². The second-order valence-electron chi connectivity index (χ2n) is 5.15. The molecule has 0 spiro atoms. The minimum absolute atomic E-state index is 0.0177. The van der Waals surface area contributed by atoms with Crippen LogP contribution in [-0.4, -0.2) is 28.4 Å². The van der Waals surface area contributed by atoms with E-state index in [1.54, 1.807) is 12.4 Å². The van der Waals surface area contributed by atoms with Crippen molar-refractivity contribution in [3.63, 3.8) is 0 Å². The van der Waals surface area contributed by atoms with Gasteiger partial charge in [-0.3, -0.25) is 9.78 Å². The number of anilines is 2. The summed E-state index contributed by atoms with van der Waals surface area (Å²) in [6.45, 7) is 1.60. The molecule has 21 heavy (non-hydrogen) atoms. The predicted molar refractivity (Wildman–Crippen MR) is 83.9 cm³/mol. The van der Waals surface area contributed by atoms with Crippen molar-refractivity contribution in [3.8, 4) is 11.1 Å². The smallest absolute Gasteiger partial charge is 0.220 e. The molecule has 0 atom stereocenters. The highest BCUT2D eigenvalue weighted by Crippen LogP contribution is 2.40. The number of aromatic nitrogens is 2. The van der Waals surface area contributed by atoms with Crippen LogP contribution in [0.15, 0.2) is 24.5 Å². The van der Waals surface area contributed by atoms with Gasteiger partial charge in [-0.05, 0) is 42.1 Å². The number of pyridine rings is 1. The van der Waals surface area contributed by atoms with E-state index in [-0.39, 0.29) is 11.8 Å². The molecule has 6 nitrogen and oxygen atoms in total. The first-order valence-electron chi connectivity index (χ1n) is 6.86. The van der Waals surface area contributed by atoms with Crippen LogP contribution in [0.1, 0.15) is 12.8 Å². The Balaban J connectivity index is 1.86. The topological polar surface area (TPSA) is 98.1 Å². The van der Waals surface area contributed by atoms with E-state index in [4.69, 9.17) is 11.5 Å². The molecule has 3 heterocycles. The van der Waals surface area contributed by atoms with Gasteiger partial charge in [-0.2, -0.15) is 4.37 Å². The number of piperidine rings is 1. The SMILES string of the molecule is NC(=O)C1CCN(c2snc(N)c2-c2ccncc2)CC1. The largest absolute Gasteiger partial charge is 0.382 e. The third-order valence-electron chi connectivity index (χ3n) is 3.85. The van der Waals surface area contributed by atoms with Crippen LogP contribution in [0.4, 0.5) is 10.8 Å². The highest BCUT2D eigenvalue weighted by molar-refractivity contribution is 7.11. The summed E-state index contributed by atoms with van der Waals surface area (Å²) in [4.78, 5) is 17.5. The lowest BCUT2D eigenvalue weighted by molar-refractivity contribution is -0.122. The quantitative estimate of drug-likeness (QED) is 0.895. The van der Waals surface area contributed by atoms with Crippen molar-refractivity contribution >= 4 is 28.3 Å². The molecule has 4 N–H and O–H groups in total. The molecule has 2 aromatic heterocycles. The van der Waals surface area contributed by atoms with E-state index in [0.29, 0.717) is 5.82 Å². The van der Waals surface area contributed by atoms with Gasteiger partial charge < -0.3 is 16.4 Å². The van der Waals surface area contributed by atoms with Crippen LogP contribution < -0.4 is 16.4 Å². The van der Waals surface area contributed by atoms with E-state index < -0.39 is 0 Å². The van der Waals surface area contributed by atoms with Gasteiger partial charge in [0, 0.05) is 31.4 Å². The number of primary amides is 1. The molecule has 7 heteroatoms. The number of hydrogen-bond donors (Lipinski definition) is 2. The maximum absolute atomic E-state index is 11.3. The highest BCUT2D eigenvalue weighted by Gasteiger charge is 2.26. The molecule has 1 fully saturated rings. The highest BCUT2D eigenvalue weighted by atomic mass is 32.1. The van der Waals surface area contributed by atoms with Crippen LogP contribution in [0, 0.1) is 5.92 Å². The van der Waals surface area contributed by atoms with Crippen LogP contribution in [0.25, 0.3) is 11.1 Å². The van der Waals surface area contributed by atoms with E-state index in [1.165, 1.54) is 11.5 Å². The zero-order valence-electron chi connectivity index (χ0n) is 11.5. The van der Waals surface area contributed by atoms with Crippen molar-refractivity contribution in [3.05, 3.63) is 24.5 Å². The maximum Gasteiger partial charge on any atom is 0.220 e. The van der Waals surface area contributed by atoms with E-state index in [1.807, 2.05) is 12.1 Å². The van der Waals surface area contributed by atoms with Gasteiger partial charge in [0.2, 0.25) is 5.91 Å². The number of nitrogen functional groups attached to an aromatic ring is 1. The van der Waals surface area contributed by atoms with E-state index >= 15 is 0 Å². The number of rotatable bonds is 3. The molecular weight excluding hydrogens is 286 g/mol. The lowest BCUT2D eigenvalue weighted by Gasteiger charge is -2.31. The molecule has 2 aromatic rings. The standard InChI is InChI=1S/C14H17N5OS/c15-12-11(9-1-5-17-6-2-9)14(21-18-12)19-7-3-10(4-8-19)13(16)20/h1-2,5-6,10H,3-4,7-8H2,(H2,15,18)(H2,16,20). The van der Waals surface area contributed by atoms with Gasteiger partial charge in [0.15, 0.2) is 0 Å². The first-order chi connectivity index (χ1) is 10.2. The monoisotopic (exact) mass is 303 g/mol. The summed E-state index contributed by atoms with van der Waals surface area (Å²) in [6.07, 6.45) is 5.05. The van der Waals surface area contributed by atoms with Crippen LogP contribution >= 0.6 is 11.5 Å². The van der Waals surface area contributed by atoms with Gasteiger partial charge >= 0.3 is 0 Å². The number of carbonyl (C=O) groups excluding carboxylic acids is 1. The minimum Gasteiger partial charge on any atom is -0.382 e. The molecule has 0 bridgehead atoms. The van der Waals surface area contributed by atoms with Gasteiger partial charge in [-0.25, -0.2) is 0 Å². The first kappa shape index (κ1) is 13.8. The molecule has 0 aliphatic carbocycles. The van der Waals surface area contributed by atoms with Gasteiger partial charge in [-0.15, -0.1) is 0 Å². The third kappa shape index (κ3) is 2.69. The zero-order valence-corrected chi connectivity index (χ0v) is 12.3. The fourth-order valence-electron chi connectivity index (χ4n) is 2.67. The molecule has 0 aromatic carbocycles. The van der Waals surface area contributed by atoms with Crippen molar-refractivity contribution in [1.82, 2.24) is 9.36 Å². The molecular formula is C14H17N5OS. The minimum atomic E-state index is -0.201.